The van der Waals surface area contributed by atoms with Gasteiger partial charge in [0.2, 0.25) is 5.90 Å². The lowest BCUT2D eigenvalue weighted by Gasteiger charge is -2.30. The Hall–Kier alpha value is -2.98. The van der Waals surface area contributed by atoms with Crippen molar-refractivity contribution in [2.45, 2.75) is 24.5 Å². The van der Waals surface area contributed by atoms with Crippen molar-refractivity contribution in [3.05, 3.63) is 111 Å². The summed E-state index contributed by atoms with van der Waals surface area (Å²) in [4.78, 5) is 18.9. The summed E-state index contributed by atoms with van der Waals surface area (Å²) in [5, 5.41) is 8.99. The predicted molar refractivity (Wildman–Crippen MR) is 155 cm³/mol. The lowest BCUT2D eigenvalue weighted by atomic mass is 9.82. The number of hydrogen-bond acceptors (Lipinski definition) is 6. The Morgan fingerprint density at radius 2 is 1.71 bits per heavy atom. The van der Waals surface area contributed by atoms with Crippen LogP contribution in [0.1, 0.15) is 29.2 Å². The Morgan fingerprint density at radius 1 is 1.05 bits per heavy atom. The minimum Gasteiger partial charge on any atom is -0.494 e. The van der Waals surface area contributed by atoms with Gasteiger partial charge in [-0.2, -0.15) is 0 Å². The monoisotopic (exact) mass is 641 g/mol. The molecule has 0 unspecified atom stereocenters. The van der Waals surface area contributed by atoms with E-state index in [2.05, 4.69) is 49.3 Å². The molecule has 0 saturated heterocycles. The molecule has 7 nitrogen and oxygen atoms in total. The van der Waals surface area contributed by atoms with E-state index in [-0.39, 0.29) is 12.5 Å². The van der Waals surface area contributed by atoms with Gasteiger partial charge in [0.1, 0.15) is 5.75 Å². The van der Waals surface area contributed by atoms with Gasteiger partial charge in [-0.1, -0.05) is 62.2 Å². The van der Waals surface area contributed by atoms with Crippen LogP contribution in [-0.4, -0.2) is 42.2 Å². The van der Waals surface area contributed by atoms with Gasteiger partial charge in [-0.05, 0) is 59.7 Å². The maximum atomic E-state index is 13.9. The van der Waals surface area contributed by atoms with E-state index in [1.165, 1.54) is 0 Å². The maximum Gasteiger partial charge on any atom is 0.266 e. The molecule has 1 amide bonds. The molecule has 0 aromatic heterocycles. The van der Waals surface area contributed by atoms with E-state index in [1.54, 1.807) is 6.08 Å². The van der Waals surface area contributed by atoms with Crippen LogP contribution in [0.25, 0.3) is 0 Å². The number of benzene rings is 3. The third kappa shape index (κ3) is 6.71. The molecule has 1 aliphatic rings. The number of nitrogens with zero attached hydrogens (tertiary/aromatic N) is 1. The number of rotatable bonds is 12. The first kappa shape index (κ1) is 28.0. The van der Waals surface area contributed by atoms with Crippen molar-refractivity contribution < 1.29 is 19.4 Å². The first-order valence-electron chi connectivity index (χ1n) is 12.2. The van der Waals surface area contributed by atoms with Gasteiger partial charge in [-0.15, -0.1) is 6.58 Å². The second-order valence-electron chi connectivity index (χ2n) is 8.77. The topological polar surface area (TPSA) is 92.2 Å². The molecule has 0 saturated carbocycles. The first-order chi connectivity index (χ1) is 18.4. The molecule has 1 aliphatic heterocycles. The van der Waals surface area contributed by atoms with E-state index in [4.69, 9.17) is 19.6 Å². The average Bonchev–Trinajstić information content (AvgIpc) is 3.31. The Bertz CT molecular complexity index is 1260. The van der Waals surface area contributed by atoms with Gasteiger partial charge >= 0.3 is 0 Å². The molecular formula is C29H29Br2N3O4. The second-order valence-corrected chi connectivity index (χ2v) is 10.6. The smallest absolute Gasteiger partial charge is 0.266 e. The third-order valence-corrected chi connectivity index (χ3v) is 7.10. The normalized spacial score (nSPS) is 18.4. The van der Waals surface area contributed by atoms with Crippen molar-refractivity contribution in [1.29, 1.82) is 0 Å². The zero-order chi connectivity index (χ0) is 27.0. The van der Waals surface area contributed by atoms with Crippen LogP contribution >= 0.6 is 31.9 Å². The fraction of sp³-hybridized carbons (Fsp3) is 0.241. The minimum atomic E-state index is -1.29. The Morgan fingerprint density at radius 3 is 2.34 bits per heavy atom. The highest BCUT2D eigenvalue weighted by Gasteiger charge is 2.53. The van der Waals surface area contributed by atoms with Crippen LogP contribution in [-0.2, 0) is 16.0 Å². The quantitative estimate of drug-likeness (QED) is 0.142. The number of hydrazine groups is 1. The lowest BCUT2D eigenvalue weighted by molar-refractivity contribution is -0.129. The molecule has 0 radical (unpaired) electrons. The molecule has 3 aromatic rings. The number of carbonyl (C=O) groups is 1. The van der Waals surface area contributed by atoms with Gasteiger partial charge < -0.3 is 14.6 Å². The summed E-state index contributed by atoms with van der Waals surface area (Å²) in [7, 11) is 0. The van der Waals surface area contributed by atoms with Crippen LogP contribution in [0.4, 0.5) is 0 Å². The van der Waals surface area contributed by atoms with Crippen LogP contribution in [0.15, 0.2) is 99.4 Å². The summed E-state index contributed by atoms with van der Waals surface area (Å²) in [5.41, 5.74) is 6.92. The van der Waals surface area contributed by atoms with E-state index in [0.29, 0.717) is 37.6 Å². The number of aliphatic hydroxyl groups excluding tert-OH is 1. The van der Waals surface area contributed by atoms with Gasteiger partial charge in [-0.3, -0.25) is 10.2 Å². The van der Waals surface area contributed by atoms with Crippen LogP contribution in [0.3, 0.4) is 0 Å². The average molecular weight is 643 g/mol. The highest BCUT2D eigenvalue weighted by molar-refractivity contribution is 9.10. The molecular weight excluding hydrogens is 614 g/mol. The summed E-state index contributed by atoms with van der Waals surface area (Å²) in [5.74, 6) is 0.739. The fourth-order valence-corrected chi connectivity index (χ4v) is 4.67. The second kappa shape index (κ2) is 13.2. The highest BCUT2D eigenvalue weighted by Crippen LogP contribution is 2.42. The molecule has 4 rings (SSSR count). The number of carbonyl (C=O) groups excluding carboxylic acids is 1. The van der Waals surface area contributed by atoms with Gasteiger partial charge in [0.15, 0.2) is 11.6 Å². The number of amides is 1. The number of hydrogen-bond donors (Lipinski definition) is 3. The zero-order valence-corrected chi connectivity index (χ0v) is 23.9. The summed E-state index contributed by atoms with van der Waals surface area (Å²) in [6.45, 7) is 4.60. The van der Waals surface area contributed by atoms with E-state index in [1.807, 2.05) is 72.8 Å². The van der Waals surface area contributed by atoms with Gasteiger partial charge in [0.05, 0.1) is 6.61 Å². The van der Waals surface area contributed by atoms with Crippen LogP contribution in [0, 0.1) is 0 Å². The number of nitrogens with one attached hydrogen (secondary N) is 2. The van der Waals surface area contributed by atoms with Gasteiger partial charge in [0, 0.05) is 40.5 Å². The predicted octanol–water partition coefficient (Wildman–Crippen LogP) is 5.28. The van der Waals surface area contributed by atoms with Gasteiger partial charge in [0.25, 0.3) is 5.91 Å². The van der Waals surface area contributed by atoms with Crippen LogP contribution in [0.5, 0.6) is 5.75 Å². The highest BCUT2D eigenvalue weighted by atomic mass is 79.9. The number of halogens is 2. The first-order valence-corrected chi connectivity index (χ1v) is 13.8. The van der Waals surface area contributed by atoms with E-state index < -0.39 is 11.6 Å². The Balaban J connectivity index is 1.75. The minimum absolute atomic E-state index is 0.0738. The molecule has 0 bridgehead atoms. The molecule has 1 heterocycles. The van der Waals surface area contributed by atoms with Crippen molar-refractivity contribution in [3.63, 3.8) is 0 Å². The molecule has 3 aromatic carbocycles. The number of aliphatic hydroxyl groups is 1. The Labute approximate surface area is 239 Å². The number of ether oxygens (including phenoxy) is 2. The summed E-state index contributed by atoms with van der Waals surface area (Å²) < 4.78 is 14.0. The maximum absolute atomic E-state index is 13.9. The summed E-state index contributed by atoms with van der Waals surface area (Å²) in [6, 6.07) is 22.9. The molecule has 198 valence electrons. The molecule has 0 fully saturated rings. The molecule has 38 heavy (non-hydrogen) atoms. The fourth-order valence-electron chi connectivity index (χ4n) is 4.15. The standard InChI is InChI=1S/C29H29Br2N3O4/c1-2-16-32-34-28(36)29(19-20-4-10-23(30)11-5-20)26(21-6-12-24(31)13-7-21)38-27(33-29)22-8-14-25(15-9-22)37-18-3-17-35/h2,4-15,26,32,35H,1,3,16-19H2,(H,34,36)/t26-,29-/m0/s1. The molecule has 0 aliphatic carbocycles. The molecule has 0 spiro atoms. The van der Waals surface area contributed by atoms with E-state index >= 15 is 0 Å². The van der Waals surface area contributed by atoms with Crippen molar-refractivity contribution in [2.24, 2.45) is 4.99 Å². The Kier molecular flexibility index (Phi) is 9.74. The lowest BCUT2D eigenvalue weighted by Crippen LogP contribution is -2.54. The van der Waals surface area contributed by atoms with Crippen molar-refractivity contribution in [2.75, 3.05) is 19.8 Å². The van der Waals surface area contributed by atoms with Crippen molar-refractivity contribution in [3.8, 4) is 5.75 Å². The SMILES string of the molecule is C=CCNNC(=O)[C@@]1(Cc2ccc(Br)cc2)N=C(c2ccc(OCCCO)cc2)O[C@H]1c1ccc(Br)cc1. The molecule has 2 atom stereocenters. The van der Waals surface area contributed by atoms with E-state index in [9.17, 15) is 4.79 Å². The largest absolute Gasteiger partial charge is 0.494 e. The third-order valence-electron chi connectivity index (χ3n) is 6.04. The van der Waals surface area contributed by atoms with Crippen molar-refractivity contribution in [1.82, 2.24) is 10.9 Å². The molecule has 3 N–H and O–H groups in total. The van der Waals surface area contributed by atoms with Crippen molar-refractivity contribution >= 4 is 43.7 Å². The molecule has 9 heteroatoms. The number of aliphatic imine (C=N–C) groups is 1. The van der Waals surface area contributed by atoms with Crippen LogP contribution < -0.4 is 15.6 Å². The van der Waals surface area contributed by atoms with Gasteiger partial charge in [-0.25, -0.2) is 10.4 Å². The van der Waals surface area contributed by atoms with E-state index in [0.717, 1.165) is 25.6 Å². The zero-order valence-electron chi connectivity index (χ0n) is 20.7. The summed E-state index contributed by atoms with van der Waals surface area (Å²) in [6.07, 6.45) is 1.85. The summed E-state index contributed by atoms with van der Waals surface area (Å²) >= 11 is 6.98. The van der Waals surface area contributed by atoms with Crippen LogP contribution in [0.2, 0.25) is 0 Å².